The van der Waals surface area contributed by atoms with Gasteiger partial charge in [-0.2, -0.15) is 0 Å². The van der Waals surface area contributed by atoms with Gasteiger partial charge in [-0.1, -0.05) is 18.9 Å². The minimum atomic E-state index is -1.17. The zero-order valence-corrected chi connectivity index (χ0v) is 20.3. The molecule has 2 aromatic rings. The minimum Gasteiger partial charge on any atom is -0.393 e. The van der Waals surface area contributed by atoms with Crippen LogP contribution in [0.4, 0.5) is 13.2 Å². The molecule has 4 nitrogen and oxygen atoms in total. The summed E-state index contributed by atoms with van der Waals surface area (Å²) >= 11 is 1.96. The lowest BCUT2D eigenvalue weighted by Gasteiger charge is -2.47. The van der Waals surface area contributed by atoms with Crippen LogP contribution >= 0.6 is 22.6 Å². The number of likely N-dealkylation sites (tertiary alicyclic amines) is 1. The number of amides is 1. The number of aliphatic hydroxyl groups is 2. The molecule has 1 aliphatic carbocycles. The Labute approximate surface area is 204 Å². The van der Waals surface area contributed by atoms with Gasteiger partial charge >= 0.3 is 0 Å². The van der Waals surface area contributed by atoms with E-state index in [9.17, 15) is 28.2 Å². The highest BCUT2D eigenvalue weighted by molar-refractivity contribution is 14.1. The van der Waals surface area contributed by atoms with E-state index >= 15 is 0 Å². The van der Waals surface area contributed by atoms with Gasteiger partial charge in [-0.3, -0.25) is 4.79 Å². The molecule has 0 radical (unpaired) electrons. The number of rotatable bonds is 6. The van der Waals surface area contributed by atoms with Crippen LogP contribution in [-0.2, 0) is 6.42 Å². The Morgan fingerprint density at radius 2 is 1.82 bits per heavy atom. The molecule has 2 atom stereocenters. The minimum absolute atomic E-state index is 0.0309. The number of hydrogen-bond donors (Lipinski definition) is 2. The van der Waals surface area contributed by atoms with Crippen molar-refractivity contribution < 1.29 is 28.2 Å². The fraction of sp³-hybridized carbons (Fsp3) is 0.480. The molecule has 0 bridgehead atoms. The van der Waals surface area contributed by atoms with Crippen LogP contribution in [0.1, 0.15) is 60.0 Å². The molecule has 8 heteroatoms. The van der Waals surface area contributed by atoms with Crippen LogP contribution in [0.2, 0.25) is 0 Å². The Hall–Kier alpha value is -1.65. The van der Waals surface area contributed by atoms with Crippen LogP contribution in [0.3, 0.4) is 0 Å². The average molecular weight is 573 g/mol. The van der Waals surface area contributed by atoms with E-state index in [0.29, 0.717) is 16.4 Å². The molecule has 1 heterocycles. The number of halogens is 4. The standard InChI is InChI=1S/C25H27F3INO3/c26-20-8-7-18(19(23(20)28)11-16-5-6-17(29)12-21(16)27)24(32)30-13-25(33,14-30)10-9-15-3-1-2-4-22(15)31/h5-8,12,15,22,31,33H,1-4,9-11,13-14H2/t15-,22+/m1/s1. The first-order chi connectivity index (χ1) is 15.7. The van der Waals surface area contributed by atoms with Gasteiger partial charge < -0.3 is 15.1 Å². The van der Waals surface area contributed by atoms with Gasteiger partial charge in [-0.05, 0) is 84.0 Å². The third kappa shape index (κ3) is 5.38. The van der Waals surface area contributed by atoms with Gasteiger partial charge in [0.1, 0.15) is 5.82 Å². The van der Waals surface area contributed by atoms with Crippen LogP contribution in [0.25, 0.3) is 0 Å². The predicted molar refractivity (Wildman–Crippen MR) is 126 cm³/mol. The zero-order valence-electron chi connectivity index (χ0n) is 18.2. The first-order valence-corrected chi connectivity index (χ1v) is 12.4. The molecule has 2 N–H and O–H groups in total. The largest absolute Gasteiger partial charge is 0.393 e. The van der Waals surface area contributed by atoms with Gasteiger partial charge in [-0.25, -0.2) is 13.2 Å². The monoisotopic (exact) mass is 573 g/mol. The Kier molecular flexibility index (Phi) is 7.35. The summed E-state index contributed by atoms with van der Waals surface area (Å²) in [5.41, 5.74) is -1.11. The van der Waals surface area contributed by atoms with E-state index in [1.165, 1.54) is 23.1 Å². The maximum absolute atomic E-state index is 14.7. The Bertz CT molecular complexity index is 1040. The van der Waals surface area contributed by atoms with Crippen molar-refractivity contribution in [2.24, 2.45) is 5.92 Å². The van der Waals surface area contributed by atoms with Crippen molar-refractivity contribution in [1.29, 1.82) is 0 Å². The van der Waals surface area contributed by atoms with Gasteiger partial charge in [0, 0.05) is 21.1 Å². The first-order valence-electron chi connectivity index (χ1n) is 11.3. The van der Waals surface area contributed by atoms with Crippen LogP contribution in [0, 0.1) is 26.9 Å². The quantitative estimate of drug-likeness (QED) is 0.488. The second-order valence-electron chi connectivity index (χ2n) is 9.34. The molecule has 0 aromatic heterocycles. The third-order valence-corrected chi connectivity index (χ3v) is 7.59. The third-order valence-electron chi connectivity index (χ3n) is 6.92. The van der Waals surface area contributed by atoms with Crippen LogP contribution in [0.5, 0.6) is 0 Å². The van der Waals surface area contributed by atoms with Crippen LogP contribution in [0.15, 0.2) is 30.3 Å². The van der Waals surface area contributed by atoms with Crippen molar-refractivity contribution in [2.75, 3.05) is 13.1 Å². The van der Waals surface area contributed by atoms with Crippen molar-refractivity contribution in [3.8, 4) is 0 Å². The summed E-state index contributed by atoms with van der Waals surface area (Å²) < 4.78 is 43.6. The van der Waals surface area contributed by atoms with Gasteiger partial charge in [0.25, 0.3) is 5.91 Å². The van der Waals surface area contributed by atoms with E-state index in [2.05, 4.69) is 0 Å². The smallest absolute Gasteiger partial charge is 0.254 e. The van der Waals surface area contributed by atoms with E-state index < -0.39 is 29.0 Å². The molecule has 1 saturated heterocycles. The Morgan fingerprint density at radius 3 is 2.52 bits per heavy atom. The molecule has 33 heavy (non-hydrogen) atoms. The number of benzene rings is 2. The second kappa shape index (κ2) is 9.92. The fourth-order valence-corrected chi connectivity index (χ4v) is 5.39. The van der Waals surface area contributed by atoms with Crippen molar-refractivity contribution >= 4 is 28.5 Å². The highest BCUT2D eigenvalue weighted by Gasteiger charge is 2.44. The number of aliphatic hydroxyl groups excluding tert-OH is 1. The summed E-state index contributed by atoms with van der Waals surface area (Å²) in [6.07, 6.45) is 4.37. The molecule has 178 valence electrons. The zero-order chi connectivity index (χ0) is 23.8. The van der Waals surface area contributed by atoms with E-state index in [0.717, 1.165) is 31.7 Å². The summed E-state index contributed by atoms with van der Waals surface area (Å²) in [7, 11) is 0. The van der Waals surface area contributed by atoms with Crippen molar-refractivity contribution in [3.05, 3.63) is 68.0 Å². The number of carbonyl (C=O) groups excluding carboxylic acids is 1. The highest BCUT2D eigenvalue weighted by atomic mass is 127. The second-order valence-corrected chi connectivity index (χ2v) is 10.6. The SMILES string of the molecule is O=C(c1ccc(F)c(F)c1Cc1ccc(I)cc1F)N1CC(O)(CC[C@H]2CCCC[C@@H]2O)C1. The predicted octanol–water partition coefficient (Wildman–Crippen LogP) is 4.82. The fourth-order valence-electron chi connectivity index (χ4n) is 4.94. The van der Waals surface area contributed by atoms with Gasteiger partial charge in [0.05, 0.1) is 24.8 Å². The maximum atomic E-state index is 14.7. The lowest BCUT2D eigenvalue weighted by Crippen LogP contribution is -2.63. The summed E-state index contributed by atoms with van der Waals surface area (Å²) in [5, 5.41) is 20.9. The summed E-state index contributed by atoms with van der Waals surface area (Å²) in [6.45, 7) is 0.177. The Morgan fingerprint density at radius 1 is 1.09 bits per heavy atom. The number of β-amino-alcohol motifs (C(OH)–C–C–N with tert-alkyl or cyclic N) is 1. The van der Waals surface area contributed by atoms with E-state index in [1.54, 1.807) is 6.07 Å². The molecule has 2 fully saturated rings. The number of nitrogens with zero attached hydrogens (tertiary/aromatic N) is 1. The molecule has 1 aliphatic heterocycles. The summed E-state index contributed by atoms with van der Waals surface area (Å²) in [5.74, 6) is -3.17. The van der Waals surface area contributed by atoms with Crippen LogP contribution in [-0.4, -0.2) is 45.8 Å². The van der Waals surface area contributed by atoms with Crippen molar-refractivity contribution in [3.63, 3.8) is 0 Å². The van der Waals surface area contributed by atoms with E-state index in [-0.39, 0.29) is 48.2 Å². The van der Waals surface area contributed by atoms with Gasteiger partial charge in [0.2, 0.25) is 0 Å². The Balaban J connectivity index is 1.46. The molecule has 0 unspecified atom stereocenters. The highest BCUT2D eigenvalue weighted by Crippen LogP contribution is 2.34. The lowest BCUT2D eigenvalue weighted by atomic mass is 9.79. The molecule has 1 amide bonds. The number of carbonyl (C=O) groups is 1. The lowest BCUT2D eigenvalue weighted by molar-refractivity contribution is -0.0922. The first kappa shape index (κ1) is 24.5. The van der Waals surface area contributed by atoms with Crippen molar-refractivity contribution in [1.82, 2.24) is 4.90 Å². The normalized spacial score (nSPS) is 22.2. The van der Waals surface area contributed by atoms with Gasteiger partial charge in [-0.15, -0.1) is 0 Å². The topological polar surface area (TPSA) is 60.8 Å². The van der Waals surface area contributed by atoms with E-state index in [4.69, 9.17) is 0 Å². The molecular weight excluding hydrogens is 546 g/mol. The molecule has 1 saturated carbocycles. The molecule has 2 aromatic carbocycles. The van der Waals surface area contributed by atoms with Crippen molar-refractivity contribution in [2.45, 2.75) is 56.7 Å². The molecular formula is C25H27F3INO3. The summed E-state index contributed by atoms with van der Waals surface area (Å²) in [4.78, 5) is 14.5. The maximum Gasteiger partial charge on any atom is 0.254 e. The average Bonchev–Trinajstić information content (AvgIpc) is 2.76. The molecule has 4 rings (SSSR count). The molecule has 0 spiro atoms. The van der Waals surface area contributed by atoms with Crippen LogP contribution < -0.4 is 0 Å². The number of hydrogen-bond acceptors (Lipinski definition) is 3. The molecule has 2 aliphatic rings. The van der Waals surface area contributed by atoms with Gasteiger partial charge in [0.15, 0.2) is 11.6 Å². The summed E-state index contributed by atoms with van der Waals surface area (Å²) in [6, 6.07) is 6.57. The van der Waals surface area contributed by atoms with E-state index in [1.807, 2.05) is 22.6 Å².